The van der Waals surface area contributed by atoms with Crippen LogP contribution in [0.5, 0.6) is 0 Å². The van der Waals surface area contributed by atoms with Crippen molar-refractivity contribution in [1.82, 2.24) is 0 Å². The molecule has 3 heteroatoms. The second-order valence-corrected chi connectivity index (χ2v) is 7.98. The van der Waals surface area contributed by atoms with Crippen LogP contribution in [0.15, 0.2) is 59.6 Å². The van der Waals surface area contributed by atoms with Crippen LogP contribution >= 0.6 is 11.3 Å². The molecule has 0 radical (unpaired) electrons. The van der Waals surface area contributed by atoms with Crippen LogP contribution in [-0.2, 0) is 7.05 Å². The molecule has 0 fully saturated rings. The lowest BCUT2D eigenvalue weighted by Crippen LogP contribution is -2.32. The summed E-state index contributed by atoms with van der Waals surface area (Å²) >= 11 is 1.79. The van der Waals surface area contributed by atoms with Gasteiger partial charge in [-0.15, -0.1) is 0 Å². The Balaban J connectivity index is 1.72. The molecule has 2 nitrogen and oxygen atoms in total. The molecule has 4 rings (SSSR count). The van der Waals surface area contributed by atoms with Gasteiger partial charge in [-0.2, -0.15) is 4.57 Å². The Morgan fingerprint density at radius 2 is 1.74 bits per heavy atom. The number of thiazole rings is 1. The molecule has 1 aliphatic rings. The quantitative estimate of drug-likeness (QED) is 0.530. The topological polar surface area (TPSA) is 7.12 Å². The second-order valence-electron chi connectivity index (χ2n) is 7.09. The number of aryl methyl sites for hydroxylation is 2. The van der Waals surface area contributed by atoms with Crippen molar-refractivity contribution in [1.29, 1.82) is 0 Å². The highest BCUT2D eigenvalue weighted by atomic mass is 32.1. The monoisotopic (exact) mass is 373 g/mol. The first-order valence-corrected chi connectivity index (χ1v) is 10.3. The van der Waals surface area contributed by atoms with Crippen molar-refractivity contribution in [3.8, 4) is 11.3 Å². The molecule has 2 heterocycles. The van der Waals surface area contributed by atoms with E-state index in [1.165, 1.54) is 44.3 Å². The van der Waals surface area contributed by atoms with Gasteiger partial charge < -0.3 is 4.90 Å². The van der Waals surface area contributed by atoms with Gasteiger partial charge in [0.2, 0.25) is 5.69 Å². The molecule has 27 heavy (non-hydrogen) atoms. The molecule has 3 aromatic rings. The molecule has 0 atom stereocenters. The number of benzene rings is 2. The molecule has 0 saturated carbocycles. The van der Waals surface area contributed by atoms with Crippen LogP contribution in [0.1, 0.15) is 28.6 Å². The van der Waals surface area contributed by atoms with Gasteiger partial charge in [-0.05, 0) is 56.7 Å². The summed E-state index contributed by atoms with van der Waals surface area (Å²) in [4.78, 5) is 2.39. The number of nitrogens with zero attached hydrogens (tertiary/aromatic N) is 2. The van der Waals surface area contributed by atoms with Crippen LogP contribution in [-0.4, -0.2) is 6.54 Å². The van der Waals surface area contributed by atoms with E-state index in [4.69, 9.17) is 0 Å². The average Bonchev–Trinajstić information content (AvgIpc) is 3.03. The molecule has 1 aromatic heterocycles. The van der Waals surface area contributed by atoms with E-state index in [1.54, 1.807) is 11.3 Å². The number of allylic oxidation sites excluding steroid dienone is 1. The van der Waals surface area contributed by atoms with Crippen LogP contribution in [0.4, 0.5) is 5.69 Å². The molecule has 0 saturated heterocycles. The van der Waals surface area contributed by atoms with E-state index in [-0.39, 0.29) is 0 Å². The predicted octanol–water partition coefficient (Wildman–Crippen LogP) is 5.75. The summed E-state index contributed by atoms with van der Waals surface area (Å²) < 4.78 is 2.29. The second kappa shape index (κ2) is 7.16. The molecule has 0 aliphatic carbocycles. The zero-order valence-electron chi connectivity index (χ0n) is 16.4. The molecular formula is C24H25N2S+. The van der Waals surface area contributed by atoms with Crippen LogP contribution in [0.25, 0.3) is 23.4 Å². The van der Waals surface area contributed by atoms with Crippen molar-refractivity contribution in [2.75, 3.05) is 11.4 Å². The Labute approximate surface area is 165 Å². The van der Waals surface area contributed by atoms with Crippen molar-refractivity contribution < 1.29 is 4.57 Å². The highest BCUT2D eigenvalue weighted by molar-refractivity contribution is 7.10. The first-order chi connectivity index (χ1) is 13.1. The molecule has 2 aromatic carbocycles. The third-order valence-electron chi connectivity index (χ3n) is 5.14. The fourth-order valence-electron chi connectivity index (χ4n) is 3.57. The highest BCUT2D eigenvalue weighted by Crippen LogP contribution is 2.32. The van der Waals surface area contributed by atoms with Crippen molar-refractivity contribution >= 4 is 29.2 Å². The Hall–Kier alpha value is -2.65. The minimum Gasteiger partial charge on any atom is -0.341 e. The van der Waals surface area contributed by atoms with Gasteiger partial charge in [-0.25, -0.2) is 0 Å². The third-order valence-corrected chi connectivity index (χ3v) is 6.11. The fourth-order valence-corrected chi connectivity index (χ4v) is 4.54. The molecule has 0 N–H and O–H groups in total. The number of fused-ring (bicyclic) bond motifs is 1. The van der Waals surface area contributed by atoms with Gasteiger partial charge in [0, 0.05) is 29.6 Å². The standard InChI is InChI=1S/C24H25N2S/c1-5-26-21(12-11-20-14-18(3)8-13-22(20)26)15-24-25(4)23(16-27-24)19-9-6-17(2)7-10-19/h6-16H,5H2,1-4H3/q+1. The number of aromatic nitrogens is 1. The Kier molecular flexibility index (Phi) is 4.71. The van der Waals surface area contributed by atoms with E-state index >= 15 is 0 Å². The summed E-state index contributed by atoms with van der Waals surface area (Å²) in [5, 5.41) is 3.50. The number of hydrogen-bond donors (Lipinski definition) is 0. The van der Waals surface area contributed by atoms with Gasteiger partial charge in [0.25, 0.3) is 5.01 Å². The number of hydrogen-bond acceptors (Lipinski definition) is 2. The fraction of sp³-hybridized carbons (Fsp3) is 0.208. The number of anilines is 1. The van der Waals surface area contributed by atoms with E-state index < -0.39 is 0 Å². The summed E-state index contributed by atoms with van der Waals surface area (Å²) in [5.41, 5.74) is 8.93. The first-order valence-electron chi connectivity index (χ1n) is 9.39. The molecule has 1 aliphatic heterocycles. The van der Waals surface area contributed by atoms with E-state index in [1.807, 2.05) is 0 Å². The number of likely N-dealkylation sites (N-methyl/N-ethyl adjacent to an activating group) is 1. The Morgan fingerprint density at radius 1 is 1.00 bits per heavy atom. The van der Waals surface area contributed by atoms with Crippen LogP contribution in [0, 0.1) is 13.8 Å². The van der Waals surface area contributed by atoms with Gasteiger partial charge >= 0.3 is 0 Å². The Bertz CT molecular complexity index is 1040. The molecule has 136 valence electrons. The maximum atomic E-state index is 2.39. The van der Waals surface area contributed by atoms with Gasteiger partial charge in [0.15, 0.2) is 0 Å². The molecule has 0 amide bonds. The van der Waals surface area contributed by atoms with Gasteiger partial charge in [0.05, 0.1) is 5.38 Å². The largest absolute Gasteiger partial charge is 0.341 e. The molecular weight excluding hydrogens is 348 g/mol. The predicted molar refractivity (Wildman–Crippen MR) is 117 cm³/mol. The lowest BCUT2D eigenvalue weighted by Gasteiger charge is -2.29. The van der Waals surface area contributed by atoms with Crippen LogP contribution < -0.4 is 9.47 Å². The van der Waals surface area contributed by atoms with Crippen molar-refractivity contribution in [2.24, 2.45) is 7.05 Å². The zero-order chi connectivity index (χ0) is 19.0. The minimum absolute atomic E-state index is 0.951. The van der Waals surface area contributed by atoms with E-state index in [0.29, 0.717) is 0 Å². The van der Waals surface area contributed by atoms with E-state index in [0.717, 1.165) is 6.54 Å². The highest BCUT2D eigenvalue weighted by Gasteiger charge is 2.20. The molecule has 0 spiro atoms. The molecule has 0 unspecified atom stereocenters. The van der Waals surface area contributed by atoms with Crippen molar-refractivity contribution in [3.63, 3.8) is 0 Å². The van der Waals surface area contributed by atoms with E-state index in [2.05, 4.69) is 103 Å². The van der Waals surface area contributed by atoms with Crippen LogP contribution in [0.3, 0.4) is 0 Å². The van der Waals surface area contributed by atoms with Crippen molar-refractivity contribution in [3.05, 3.63) is 81.3 Å². The average molecular weight is 374 g/mol. The summed E-state index contributed by atoms with van der Waals surface area (Å²) in [6, 6.07) is 15.4. The van der Waals surface area contributed by atoms with Gasteiger partial charge in [0.1, 0.15) is 7.05 Å². The zero-order valence-corrected chi connectivity index (χ0v) is 17.2. The lowest BCUT2D eigenvalue weighted by atomic mass is 10.0. The maximum Gasteiger partial charge on any atom is 0.264 e. The smallest absolute Gasteiger partial charge is 0.264 e. The third kappa shape index (κ3) is 3.35. The summed E-state index contributed by atoms with van der Waals surface area (Å²) in [6.07, 6.45) is 6.76. The SMILES string of the molecule is CCN1/C(=C\c2scc(-c3ccc(C)cc3)[n+]2C)C=Cc2cc(C)ccc21. The maximum absolute atomic E-state index is 2.39. The number of rotatable bonds is 3. The van der Waals surface area contributed by atoms with Gasteiger partial charge in [-0.3, -0.25) is 0 Å². The molecule has 0 bridgehead atoms. The summed E-state index contributed by atoms with van der Waals surface area (Å²) in [7, 11) is 2.15. The van der Waals surface area contributed by atoms with Gasteiger partial charge in [-0.1, -0.05) is 46.7 Å². The first kappa shape index (κ1) is 17.7. The van der Waals surface area contributed by atoms with E-state index in [9.17, 15) is 0 Å². The normalized spacial score (nSPS) is 14.7. The summed E-state index contributed by atoms with van der Waals surface area (Å²) in [6.45, 7) is 7.43. The summed E-state index contributed by atoms with van der Waals surface area (Å²) in [5.74, 6) is 0. The minimum atomic E-state index is 0.951. The Morgan fingerprint density at radius 3 is 2.48 bits per heavy atom. The lowest BCUT2D eigenvalue weighted by molar-refractivity contribution is -0.657. The van der Waals surface area contributed by atoms with Crippen LogP contribution in [0.2, 0.25) is 0 Å². The van der Waals surface area contributed by atoms with Crippen molar-refractivity contribution in [2.45, 2.75) is 20.8 Å².